The maximum atomic E-state index is 12.7. The molecule has 5 rings (SSSR count). The molecule has 0 aliphatic carbocycles. The first kappa shape index (κ1) is 28.9. The predicted molar refractivity (Wildman–Crippen MR) is 169 cm³/mol. The number of nitrogens with one attached hydrogen (secondary N) is 1. The molecule has 0 radical (unpaired) electrons. The number of aryl methyl sites for hydroxylation is 3. The fourth-order valence-corrected chi connectivity index (χ4v) is 6.35. The van der Waals surface area contributed by atoms with Gasteiger partial charge in [-0.05, 0) is 86.0 Å². The lowest BCUT2D eigenvalue weighted by atomic mass is 10.2. The highest BCUT2D eigenvalue weighted by Crippen LogP contribution is 2.31. The number of nitrogens with zero attached hydrogens (tertiary/aromatic N) is 4. The van der Waals surface area contributed by atoms with Crippen LogP contribution < -0.4 is 10.1 Å². The van der Waals surface area contributed by atoms with Crippen LogP contribution in [0.3, 0.4) is 0 Å². The Morgan fingerprint density at radius 2 is 1.95 bits per heavy atom. The van der Waals surface area contributed by atoms with Crippen molar-refractivity contribution in [1.82, 2.24) is 19.7 Å². The Kier molecular flexibility index (Phi) is 9.38. The average molecular weight is 604 g/mol. The van der Waals surface area contributed by atoms with Crippen molar-refractivity contribution in [2.75, 3.05) is 17.7 Å². The smallest absolute Gasteiger partial charge is 0.234 e. The van der Waals surface area contributed by atoms with Crippen molar-refractivity contribution < 1.29 is 9.53 Å². The van der Waals surface area contributed by atoms with E-state index in [0.29, 0.717) is 29.8 Å². The second kappa shape index (κ2) is 13.3. The summed E-state index contributed by atoms with van der Waals surface area (Å²) in [4.78, 5) is 17.5. The molecule has 0 saturated carbocycles. The molecule has 1 N–H and O–H groups in total. The molecule has 10 heteroatoms. The van der Waals surface area contributed by atoms with Crippen LogP contribution in [0.4, 0.5) is 5.69 Å². The van der Waals surface area contributed by atoms with Gasteiger partial charge in [-0.2, -0.15) is 0 Å². The number of anilines is 1. The molecule has 0 spiro atoms. The molecule has 0 aliphatic rings. The summed E-state index contributed by atoms with van der Waals surface area (Å²) >= 11 is 9.05. The Labute approximate surface area is 252 Å². The second-order valence-corrected chi connectivity index (χ2v) is 12.0. The highest BCUT2D eigenvalue weighted by atomic mass is 35.5. The van der Waals surface area contributed by atoms with Gasteiger partial charge < -0.3 is 14.6 Å². The van der Waals surface area contributed by atoms with Crippen molar-refractivity contribution in [1.29, 1.82) is 0 Å². The Balaban J connectivity index is 1.13. The van der Waals surface area contributed by atoms with Crippen LogP contribution in [-0.2, 0) is 17.8 Å². The number of amides is 1. The molecule has 0 bridgehead atoms. The normalized spacial score (nSPS) is 11.1. The number of hydrogen-bond acceptors (Lipinski definition) is 7. The van der Waals surface area contributed by atoms with Crippen LogP contribution in [-0.4, -0.2) is 38.0 Å². The van der Waals surface area contributed by atoms with Gasteiger partial charge in [-0.15, -0.1) is 28.1 Å². The van der Waals surface area contributed by atoms with Gasteiger partial charge in [0.25, 0.3) is 0 Å². The molecule has 3 aromatic carbocycles. The number of thioether (sulfide) groups is 1. The van der Waals surface area contributed by atoms with E-state index < -0.39 is 0 Å². The second-order valence-electron chi connectivity index (χ2n) is 9.56. The van der Waals surface area contributed by atoms with E-state index in [1.54, 1.807) is 17.4 Å². The largest absolute Gasteiger partial charge is 0.493 e. The molecule has 7 nitrogen and oxygen atoms in total. The van der Waals surface area contributed by atoms with Gasteiger partial charge in [-0.3, -0.25) is 4.79 Å². The summed E-state index contributed by atoms with van der Waals surface area (Å²) in [5.74, 6) is 1.77. The number of thiazole rings is 1. The van der Waals surface area contributed by atoms with Gasteiger partial charge in [-0.25, -0.2) is 4.98 Å². The van der Waals surface area contributed by atoms with Crippen molar-refractivity contribution in [3.8, 4) is 16.3 Å². The third kappa shape index (κ3) is 7.35. The molecular formula is C31H30ClN5O2S2. The van der Waals surface area contributed by atoms with Crippen LogP contribution >= 0.6 is 34.7 Å². The first-order valence-corrected chi connectivity index (χ1v) is 15.4. The Morgan fingerprint density at radius 1 is 1.12 bits per heavy atom. The molecule has 1 amide bonds. The molecule has 0 saturated heterocycles. The standard InChI is InChI=1S/C31H30ClN5O2S2/c1-4-15-37-28(6-5-16-39-26-14-10-23(32)18-21(26)3)35-36-31(37)40-19-29(38)33-24-11-8-22(9-12-24)30-34-25-13-7-20(2)17-27(25)41-30/h4,7-14,17-18H,1,5-6,15-16,19H2,2-3H3,(H,33,38). The molecular weight excluding hydrogens is 574 g/mol. The lowest BCUT2D eigenvalue weighted by molar-refractivity contribution is -0.113. The third-order valence-corrected chi connectivity index (χ3v) is 8.61. The highest BCUT2D eigenvalue weighted by Gasteiger charge is 2.14. The molecule has 0 aliphatic heterocycles. The molecule has 210 valence electrons. The fourth-order valence-electron chi connectivity index (χ4n) is 4.29. The molecule has 0 atom stereocenters. The van der Waals surface area contributed by atoms with E-state index in [1.807, 2.05) is 60.0 Å². The number of benzene rings is 3. The van der Waals surface area contributed by atoms with Gasteiger partial charge >= 0.3 is 0 Å². The topological polar surface area (TPSA) is 81.9 Å². The zero-order valence-corrected chi connectivity index (χ0v) is 25.3. The summed E-state index contributed by atoms with van der Waals surface area (Å²) in [6.07, 6.45) is 3.27. The van der Waals surface area contributed by atoms with Crippen molar-refractivity contribution in [2.45, 2.75) is 38.4 Å². The quantitative estimate of drug-likeness (QED) is 0.0892. The molecule has 0 fully saturated rings. The van der Waals surface area contributed by atoms with Gasteiger partial charge in [0, 0.05) is 29.2 Å². The zero-order chi connectivity index (χ0) is 28.8. The number of fused-ring (bicyclic) bond motifs is 1. The number of allylic oxidation sites excluding steroid dienone is 1. The van der Waals surface area contributed by atoms with Gasteiger partial charge in [0.15, 0.2) is 5.16 Å². The lowest BCUT2D eigenvalue weighted by Crippen LogP contribution is -2.14. The maximum absolute atomic E-state index is 12.7. The Hall–Kier alpha value is -3.66. The Bertz CT molecular complexity index is 1680. The number of aromatic nitrogens is 4. The number of rotatable bonds is 12. The van der Waals surface area contributed by atoms with E-state index in [2.05, 4.69) is 41.1 Å². The number of hydrogen-bond donors (Lipinski definition) is 1. The van der Waals surface area contributed by atoms with Crippen molar-refractivity contribution >= 4 is 56.5 Å². The van der Waals surface area contributed by atoms with Crippen LogP contribution in [0.1, 0.15) is 23.4 Å². The van der Waals surface area contributed by atoms with Crippen LogP contribution in [0.25, 0.3) is 20.8 Å². The van der Waals surface area contributed by atoms with Gasteiger partial charge in [0.05, 0.1) is 22.6 Å². The lowest BCUT2D eigenvalue weighted by Gasteiger charge is -2.10. The van der Waals surface area contributed by atoms with Crippen LogP contribution in [0.15, 0.2) is 78.5 Å². The van der Waals surface area contributed by atoms with Crippen molar-refractivity contribution in [3.63, 3.8) is 0 Å². The van der Waals surface area contributed by atoms with E-state index in [-0.39, 0.29) is 11.7 Å². The minimum atomic E-state index is -0.111. The van der Waals surface area contributed by atoms with Crippen LogP contribution in [0, 0.1) is 13.8 Å². The summed E-state index contributed by atoms with van der Waals surface area (Å²) in [6.45, 7) is 9.03. The van der Waals surface area contributed by atoms with Crippen molar-refractivity contribution in [2.24, 2.45) is 0 Å². The first-order chi connectivity index (χ1) is 19.9. The zero-order valence-electron chi connectivity index (χ0n) is 22.9. The summed E-state index contributed by atoms with van der Waals surface area (Å²) in [7, 11) is 0. The maximum Gasteiger partial charge on any atom is 0.234 e. The summed E-state index contributed by atoms with van der Waals surface area (Å²) < 4.78 is 9.07. The molecule has 5 aromatic rings. The van der Waals surface area contributed by atoms with Gasteiger partial charge in [0.2, 0.25) is 5.91 Å². The number of carbonyl (C=O) groups is 1. The van der Waals surface area contributed by atoms with Crippen LogP contribution in [0.5, 0.6) is 5.75 Å². The third-order valence-electron chi connectivity index (χ3n) is 6.34. The first-order valence-electron chi connectivity index (χ1n) is 13.2. The fraction of sp³-hybridized carbons (Fsp3) is 0.226. The van der Waals surface area contributed by atoms with E-state index in [1.165, 1.54) is 22.0 Å². The molecule has 0 unspecified atom stereocenters. The van der Waals surface area contributed by atoms with Crippen molar-refractivity contribution in [3.05, 3.63) is 95.3 Å². The predicted octanol–water partition coefficient (Wildman–Crippen LogP) is 7.75. The molecule has 2 heterocycles. The number of carbonyl (C=O) groups excluding carboxylic acids is 1. The van der Waals surface area contributed by atoms with Crippen LogP contribution in [0.2, 0.25) is 5.02 Å². The van der Waals surface area contributed by atoms with E-state index >= 15 is 0 Å². The summed E-state index contributed by atoms with van der Waals surface area (Å²) in [5.41, 5.74) is 4.98. The number of ether oxygens (including phenoxy) is 1. The Morgan fingerprint density at radius 3 is 2.73 bits per heavy atom. The molecule has 2 aromatic heterocycles. The average Bonchev–Trinajstić information content (AvgIpc) is 3.55. The number of halogens is 1. The van der Waals surface area contributed by atoms with E-state index in [0.717, 1.165) is 45.3 Å². The summed E-state index contributed by atoms with van der Waals surface area (Å²) in [5, 5.41) is 14.0. The summed E-state index contributed by atoms with van der Waals surface area (Å²) in [6, 6.07) is 19.6. The van der Waals surface area contributed by atoms with E-state index in [9.17, 15) is 4.79 Å². The monoisotopic (exact) mass is 603 g/mol. The SMILES string of the molecule is C=CCn1c(CCCOc2ccc(Cl)cc2C)nnc1SCC(=O)Nc1ccc(-c2nc3ccc(C)cc3s2)cc1. The minimum absolute atomic E-state index is 0.111. The van der Waals surface area contributed by atoms with Gasteiger partial charge in [-0.1, -0.05) is 35.5 Å². The minimum Gasteiger partial charge on any atom is -0.493 e. The van der Waals surface area contributed by atoms with E-state index in [4.69, 9.17) is 21.3 Å². The molecule has 41 heavy (non-hydrogen) atoms. The highest BCUT2D eigenvalue weighted by molar-refractivity contribution is 7.99. The van der Waals surface area contributed by atoms with Gasteiger partial charge in [0.1, 0.15) is 16.6 Å².